The average molecular weight is 491 g/mol. The number of hydrogen-bond donors (Lipinski definition) is 2. The lowest BCUT2D eigenvalue weighted by Gasteiger charge is -2.22. The molecule has 0 atom stereocenters. The molecule has 0 saturated carbocycles. The fraction of sp³-hybridized carbons (Fsp3) is 0. The Balaban J connectivity index is 1.75. The number of benzene rings is 6. The number of phenols is 2. The van der Waals surface area contributed by atoms with Crippen LogP contribution in [0.5, 0.6) is 11.5 Å². The largest absolute Gasteiger partial charge is 0.507 e. The molecular weight excluding hydrogens is 464 g/mol. The third-order valence-corrected chi connectivity index (χ3v) is 6.91. The topological polar surface area (TPSA) is 40.5 Å². The highest BCUT2D eigenvalue weighted by molar-refractivity contribution is 6.04. The monoisotopic (exact) mass is 490 g/mol. The van der Waals surface area contributed by atoms with Crippen LogP contribution in [0.15, 0.2) is 146 Å². The van der Waals surface area contributed by atoms with Gasteiger partial charge < -0.3 is 10.2 Å². The molecule has 0 aliphatic rings. The minimum Gasteiger partial charge on any atom is -0.507 e. The van der Waals surface area contributed by atoms with Gasteiger partial charge in [0.1, 0.15) is 11.5 Å². The Kier molecular flexibility index (Phi) is 6.21. The first-order valence-corrected chi connectivity index (χ1v) is 12.7. The van der Waals surface area contributed by atoms with Crippen LogP contribution in [0, 0.1) is 0 Å². The molecule has 6 aromatic rings. The molecule has 0 radical (unpaired) electrons. The highest BCUT2D eigenvalue weighted by Gasteiger charge is 2.23. The lowest BCUT2D eigenvalue weighted by Crippen LogP contribution is -1.95. The lowest BCUT2D eigenvalue weighted by atomic mass is 9.82. The number of aromatic hydroxyl groups is 2. The maximum atomic E-state index is 11.2. The summed E-state index contributed by atoms with van der Waals surface area (Å²) in [5.74, 6) is 0.448. The summed E-state index contributed by atoms with van der Waals surface area (Å²) in [5.41, 5.74) is 9.29. The van der Waals surface area contributed by atoms with Crippen molar-refractivity contribution in [1.29, 1.82) is 0 Å². The van der Waals surface area contributed by atoms with Crippen molar-refractivity contribution >= 4 is 0 Å². The summed E-state index contributed by atoms with van der Waals surface area (Å²) in [6.45, 7) is 0. The van der Waals surface area contributed by atoms with Crippen molar-refractivity contribution in [3.8, 4) is 67.1 Å². The van der Waals surface area contributed by atoms with Crippen molar-refractivity contribution in [2.45, 2.75) is 0 Å². The van der Waals surface area contributed by atoms with Gasteiger partial charge in [0.05, 0.1) is 0 Å². The minimum absolute atomic E-state index is 0.224. The van der Waals surface area contributed by atoms with Crippen molar-refractivity contribution < 1.29 is 10.2 Å². The van der Waals surface area contributed by atoms with Gasteiger partial charge in [-0.05, 0) is 45.5 Å². The van der Waals surface area contributed by atoms with Gasteiger partial charge in [0.25, 0.3) is 0 Å². The van der Waals surface area contributed by atoms with E-state index in [9.17, 15) is 10.2 Å². The molecule has 0 fully saturated rings. The first kappa shape index (κ1) is 23.3. The van der Waals surface area contributed by atoms with Crippen LogP contribution < -0.4 is 0 Å². The third-order valence-electron chi connectivity index (χ3n) is 6.91. The summed E-state index contributed by atoms with van der Waals surface area (Å²) in [5, 5.41) is 22.4. The molecule has 0 amide bonds. The SMILES string of the molecule is Oc1ccc(-c2ccc(O)c(-c3ccccc3)c2-c2ccccc2)c(-c2ccccc2)c1-c1ccccc1. The summed E-state index contributed by atoms with van der Waals surface area (Å²) in [4.78, 5) is 0. The Hall–Kier alpha value is -5.08. The Morgan fingerprint density at radius 3 is 0.816 bits per heavy atom. The zero-order valence-electron chi connectivity index (χ0n) is 20.8. The lowest BCUT2D eigenvalue weighted by molar-refractivity contribution is 0.477. The quantitative estimate of drug-likeness (QED) is 0.253. The Labute approximate surface area is 222 Å². The molecule has 6 aromatic carbocycles. The van der Waals surface area contributed by atoms with E-state index in [1.807, 2.05) is 109 Å². The maximum Gasteiger partial charge on any atom is 0.124 e. The van der Waals surface area contributed by atoms with Gasteiger partial charge in [-0.15, -0.1) is 0 Å². The fourth-order valence-electron chi connectivity index (χ4n) is 5.24. The van der Waals surface area contributed by atoms with E-state index in [2.05, 4.69) is 24.3 Å². The normalized spacial score (nSPS) is 10.8. The predicted molar refractivity (Wildman–Crippen MR) is 157 cm³/mol. The van der Waals surface area contributed by atoms with E-state index in [1.165, 1.54) is 0 Å². The molecule has 182 valence electrons. The molecule has 0 aromatic heterocycles. The van der Waals surface area contributed by atoms with Gasteiger partial charge in [-0.25, -0.2) is 0 Å². The van der Waals surface area contributed by atoms with Gasteiger partial charge in [-0.3, -0.25) is 0 Å². The second-order valence-electron chi connectivity index (χ2n) is 9.23. The first-order chi connectivity index (χ1) is 18.7. The van der Waals surface area contributed by atoms with Crippen LogP contribution in [-0.2, 0) is 0 Å². The molecule has 38 heavy (non-hydrogen) atoms. The van der Waals surface area contributed by atoms with Crippen molar-refractivity contribution in [3.05, 3.63) is 146 Å². The predicted octanol–water partition coefficient (Wildman–Crippen LogP) is 9.43. The zero-order valence-corrected chi connectivity index (χ0v) is 20.8. The van der Waals surface area contributed by atoms with E-state index in [4.69, 9.17) is 0 Å². The van der Waals surface area contributed by atoms with Crippen LogP contribution in [0.1, 0.15) is 0 Å². The standard InChI is InChI=1S/C36H26O2/c37-31-23-21-29(33(25-13-5-1-6-14-25)35(31)27-17-9-3-10-18-27)30-22-24-32(38)36(28-19-11-4-12-20-28)34(30)26-15-7-2-8-16-26/h1-24,37-38H. The van der Waals surface area contributed by atoms with E-state index in [-0.39, 0.29) is 11.5 Å². The van der Waals surface area contributed by atoms with Gasteiger partial charge >= 0.3 is 0 Å². The first-order valence-electron chi connectivity index (χ1n) is 12.7. The van der Waals surface area contributed by atoms with Crippen molar-refractivity contribution in [2.75, 3.05) is 0 Å². The van der Waals surface area contributed by atoms with Crippen LogP contribution in [0.3, 0.4) is 0 Å². The van der Waals surface area contributed by atoms with Crippen molar-refractivity contribution in [2.24, 2.45) is 0 Å². The number of phenolic OH excluding ortho intramolecular Hbond substituents is 2. The van der Waals surface area contributed by atoms with Crippen LogP contribution in [0.25, 0.3) is 55.6 Å². The molecule has 0 aliphatic carbocycles. The van der Waals surface area contributed by atoms with Crippen molar-refractivity contribution in [3.63, 3.8) is 0 Å². The molecule has 0 unspecified atom stereocenters. The average Bonchev–Trinajstić information content (AvgIpc) is 2.99. The van der Waals surface area contributed by atoms with E-state index >= 15 is 0 Å². The van der Waals surface area contributed by atoms with E-state index in [0.29, 0.717) is 0 Å². The summed E-state index contributed by atoms with van der Waals surface area (Å²) < 4.78 is 0. The molecule has 2 N–H and O–H groups in total. The van der Waals surface area contributed by atoms with Gasteiger partial charge in [-0.1, -0.05) is 133 Å². The van der Waals surface area contributed by atoms with Crippen LogP contribution >= 0.6 is 0 Å². The van der Waals surface area contributed by atoms with E-state index < -0.39 is 0 Å². The zero-order chi connectivity index (χ0) is 25.9. The summed E-state index contributed by atoms with van der Waals surface area (Å²) >= 11 is 0. The summed E-state index contributed by atoms with van der Waals surface area (Å²) in [6, 6.07) is 47.9. The van der Waals surface area contributed by atoms with Crippen LogP contribution in [0.2, 0.25) is 0 Å². The third kappa shape index (κ3) is 4.23. The van der Waals surface area contributed by atoms with Gasteiger partial charge in [0.2, 0.25) is 0 Å². The number of rotatable bonds is 5. The molecule has 6 rings (SSSR count). The summed E-state index contributed by atoms with van der Waals surface area (Å²) in [7, 11) is 0. The van der Waals surface area contributed by atoms with Crippen molar-refractivity contribution in [1.82, 2.24) is 0 Å². The minimum atomic E-state index is 0.224. The molecule has 0 spiro atoms. The molecule has 0 aliphatic heterocycles. The second-order valence-corrected chi connectivity index (χ2v) is 9.23. The molecule has 0 saturated heterocycles. The molecule has 2 heteroatoms. The fourth-order valence-corrected chi connectivity index (χ4v) is 5.24. The van der Waals surface area contributed by atoms with E-state index in [1.54, 1.807) is 12.1 Å². The van der Waals surface area contributed by atoms with E-state index in [0.717, 1.165) is 55.6 Å². The highest BCUT2D eigenvalue weighted by atomic mass is 16.3. The summed E-state index contributed by atoms with van der Waals surface area (Å²) in [6.07, 6.45) is 0. The van der Waals surface area contributed by atoms with Crippen LogP contribution in [0.4, 0.5) is 0 Å². The molecule has 2 nitrogen and oxygen atoms in total. The molecule has 0 bridgehead atoms. The van der Waals surface area contributed by atoms with Gasteiger partial charge in [-0.2, -0.15) is 0 Å². The Morgan fingerprint density at radius 1 is 0.263 bits per heavy atom. The number of hydrogen-bond acceptors (Lipinski definition) is 2. The molecule has 0 heterocycles. The van der Waals surface area contributed by atoms with Crippen LogP contribution in [-0.4, -0.2) is 10.2 Å². The van der Waals surface area contributed by atoms with Gasteiger partial charge in [0.15, 0.2) is 0 Å². The highest BCUT2D eigenvalue weighted by Crippen LogP contribution is 2.50. The molecular formula is C36H26O2. The smallest absolute Gasteiger partial charge is 0.124 e. The second kappa shape index (κ2) is 10.1. The maximum absolute atomic E-state index is 11.2. The Morgan fingerprint density at radius 2 is 0.526 bits per heavy atom. The van der Waals surface area contributed by atoms with Gasteiger partial charge in [0, 0.05) is 22.3 Å². The Bertz CT molecular complexity index is 1560.